The average Bonchev–Trinajstić information content (AvgIpc) is 2.58. The van der Waals surface area contributed by atoms with Gasteiger partial charge in [-0.3, -0.25) is 0 Å². The number of nitrogens with two attached hydrogens (primary N) is 1. The van der Waals surface area contributed by atoms with Crippen LogP contribution in [0.3, 0.4) is 0 Å². The molecule has 0 saturated heterocycles. The van der Waals surface area contributed by atoms with Gasteiger partial charge in [0.15, 0.2) is 0 Å². The summed E-state index contributed by atoms with van der Waals surface area (Å²) in [5.41, 5.74) is 7.72. The van der Waals surface area contributed by atoms with Gasteiger partial charge in [0, 0.05) is 22.6 Å². The molecule has 1 aliphatic heterocycles. The minimum Gasteiger partial charge on any atom is -0.496 e. The van der Waals surface area contributed by atoms with E-state index in [0.29, 0.717) is 19.5 Å². The van der Waals surface area contributed by atoms with Gasteiger partial charge in [-0.15, -0.1) is 0 Å². The number of halogens is 1. The van der Waals surface area contributed by atoms with Crippen LogP contribution in [-0.2, 0) is 11.3 Å². The highest BCUT2D eigenvalue weighted by molar-refractivity contribution is 9.10. The fraction of sp³-hybridized carbons (Fsp3) is 0.562. The molecule has 0 aromatic heterocycles. The van der Waals surface area contributed by atoms with Crippen LogP contribution in [0.25, 0.3) is 0 Å². The summed E-state index contributed by atoms with van der Waals surface area (Å²) in [6, 6.07) is 3.67. The minimum absolute atomic E-state index is 0.146. The van der Waals surface area contributed by atoms with Gasteiger partial charge in [-0.05, 0) is 44.9 Å². The molecule has 0 fully saturated rings. The average molecular weight is 371 g/mol. The number of carbonyl (C=O) groups excluding carboxylic acids is 1. The van der Waals surface area contributed by atoms with Crippen molar-refractivity contribution in [2.45, 2.75) is 45.4 Å². The van der Waals surface area contributed by atoms with Crippen molar-refractivity contribution in [3.05, 3.63) is 27.7 Å². The molecule has 2 N–H and O–H groups in total. The number of ether oxygens (including phenoxy) is 2. The van der Waals surface area contributed by atoms with Crippen LogP contribution in [0, 0.1) is 0 Å². The van der Waals surface area contributed by atoms with E-state index in [4.69, 9.17) is 15.2 Å². The van der Waals surface area contributed by atoms with Gasteiger partial charge in [0.05, 0.1) is 13.7 Å². The molecule has 1 aromatic carbocycles. The molecule has 1 amide bonds. The molecular formula is C16H23BrN2O3. The van der Waals surface area contributed by atoms with Crippen molar-refractivity contribution in [2.75, 3.05) is 13.7 Å². The zero-order chi connectivity index (χ0) is 16.5. The Kier molecular flexibility index (Phi) is 5.02. The summed E-state index contributed by atoms with van der Waals surface area (Å²) in [5, 5.41) is 0. The summed E-state index contributed by atoms with van der Waals surface area (Å²) in [5.74, 6) is 0.740. The number of benzene rings is 1. The lowest BCUT2D eigenvalue weighted by Crippen LogP contribution is -2.36. The molecule has 0 saturated carbocycles. The van der Waals surface area contributed by atoms with E-state index in [-0.39, 0.29) is 12.1 Å². The molecule has 1 aliphatic rings. The monoisotopic (exact) mass is 370 g/mol. The number of methoxy groups -OCH3 is 1. The Bertz CT molecular complexity index is 569. The highest BCUT2D eigenvalue weighted by Gasteiger charge is 2.29. The molecule has 1 atom stereocenters. The third-order valence-electron chi connectivity index (χ3n) is 3.56. The molecule has 0 unspecified atom stereocenters. The Balaban J connectivity index is 2.35. The van der Waals surface area contributed by atoms with Crippen LogP contribution >= 0.6 is 15.9 Å². The number of amides is 1. The zero-order valence-corrected chi connectivity index (χ0v) is 15.1. The van der Waals surface area contributed by atoms with E-state index in [0.717, 1.165) is 21.3 Å². The van der Waals surface area contributed by atoms with Crippen LogP contribution in [0.4, 0.5) is 4.79 Å². The largest absolute Gasteiger partial charge is 0.496 e. The predicted molar refractivity (Wildman–Crippen MR) is 88.9 cm³/mol. The quantitative estimate of drug-likeness (QED) is 0.819. The second-order valence-corrected chi connectivity index (χ2v) is 7.29. The Morgan fingerprint density at radius 3 is 2.68 bits per heavy atom. The lowest BCUT2D eigenvalue weighted by molar-refractivity contribution is 0.0234. The number of hydrogen-bond donors (Lipinski definition) is 1. The van der Waals surface area contributed by atoms with Crippen molar-refractivity contribution < 1.29 is 14.3 Å². The molecular weight excluding hydrogens is 348 g/mol. The fourth-order valence-corrected chi connectivity index (χ4v) is 3.23. The Morgan fingerprint density at radius 2 is 2.09 bits per heavy atom. The zero-order valence-electron chi connectivity index (χ0n) is 13.5. The summed E-state index contributed by atoms with van der Waals surface area (Å²) >= 11 is 3.56. The second kappa shape index (κ2) is 6.46. The van der Waals surface area contributed by atoms with Gasteiger partial charge in [0.25, 0.3) is 0 Å². The summed E-state index contributed by atoms with van der Waals surface area (Å²) in [4.78, 5) is 14.1. The number of carbonyl (C=O) groups is 1. The minimum atomic E-state index is -0.518. The topological polar surface area (TPSA) is 64.8 Å². The Morgan fingerprint density at radius 1 is 1.41 bits per heavy atom. The normalized spacial score (nSPS) is 18.5. The van der Waals surface area contributed by atoms with Crippen LogP contribution in [0.15, 0.2) is 16.6 Å². The van der Waals surface area contributed by atoms with Gasteiger partial charge < -0.3 is 20.1 Å². The molecule has 0 bridgehead atoms. The van der Waals surface area contributed by atoms with Gasteiger partial charge in [-0.1, -0.05) is 15.9 Å². The number of nitrogens with zero attached hydrogens (tertiary/aromatic N) is 1. The highest BCUT2D eigenvalue weighted by Crippen LogP contribution is 2.37. The van der Waals surface area contributed by atoms with Gasteiger partial charge in [-0.25, -0.2) is 4.79 Å². The van der Waals surface area contributed by atoms with Gasteiger partial charge in [0.2, 0.25) is 0 Å². The van der Waals surface area contributed by atoms with E-state index in [1.54, 1.807) is 12.0 Å². The third kappa shape index (κ3) is 3.73. The molecule has 5 nitrogen and oxygen atoms in total. The first kappa shape index (κ1) is 17.1. The maximum atomic E-state index is 12.4. The van der Waals surface area contributed by atoms with Gasteiger partial charge in [-0.2, -0.15) is 0 Å². The molecule has 0 aliphatic carbocycles. The number of hydrogen-bond acceptors (Lipinski definition) is 4. The maximum absolute atomic E-state index is 12.4. The lowest BCUT2D eigenvalue weighted by Gasteiger charge is -2.27. The number of fused-ring (bicyclic) bond motifs is 1. The molecule has 6 heteroatoms. The van der Waals surface area contributed by atoms with E-state index < -0.39 is 5.60 Å². The standard InChI is InChI=1S/C16H23BrN2O3/c1-16(2,3)22-15(20)19-8-7-12(18)14-10(9-19)13(21-4)6-5-11(14)17/h5-6,12H,7-9,18H2,1-4H3/t12-/m0/s1. The van der Waals surface area contributed by atoms with Crippen molar-refractivity contribution >= 4 is 22.0 Å². The van der Waals surface area contributed by atoms with Crippen molar-refractivity contribution in [2.24, 2.45) is 5.73 Å². The molecule has 2 rings (SSSR count). The van der Waals surface area contributed by atoms with Crippen molar-refractivity contribution in [3.8, 4) is 5.75 Å². The van der Waals surface area contributed by atoms with E-state index >= 15 is 0 Å². The first-order valence-corrected chi connectivity index (χ1v) is 8.11. The number of rotatable bonds is 1. The van der Waals surface area contributed by atoms with E-state index in [9.17, 15) is 4.79 Å². The van der Waals surface area contributed by atoms with E-state index in [2.05, 4.69) is 15.9 Å². The second-order valence-electron chi connectivity index (χ2n) is 6.44. The van der Waals surface area contributed by atoms with Gasteiger partial charge in [0.1, 0.15) is 11.4 Å². The molecule has 0 radical (unpaired) electrons. The first-order chi connectivity index (χ1) is 10.2. The van der Waals surface area contributed by atoms with Crippen LogP contribution in [0.1, 0.15) is 44.4 Å². The first-order valence-electron chi connectivity index (χ1n) is 7.31. The Hall–Kier alpha value is -1.27. The van der Waals surface area contributed by atoms with E-state index in [1.807, 2.05) is 32.9 Å². The van der Waals surface area contributed by atoms with Gasteiger partial charge >= 0.3 is 6.09 Å². The van der Waals surface area contributed by atoms with Crippen LogP contribution < -0.4 is 10.5 Å². The SMILES string of the molecule is COc1ccc(Br)c2c1CN(C(=O)OC(C)(C)C)CC[C@@H]2N. The Labute approximate surface area is 139 Å². The summed E-state index contributed by atoms with van der Waals surface area (Å²) in [6.45, 7) is 6.57. The molecule has 0 spiro atoms. The highest BCUT2D eigenvalue weighted by atomic mass is 79.9. The third-order valence-corrected chi connectivity index (χ3v) is 4.25. The summed E-state index contributed by atoms with van der Waals surface area (Å²) < 4.78 is 11.9. The fourth-order valence-electron chi connectivity index (χ4n) is 2.56. The summed E-state index contributed by atoms with van der Waals surface area (Å²) in [7, 11) is 1.62. The van der Waals surface area contributed by atoms with Crippen LogP contribution in [0.2, 0.25) is 0 Å². The van der Waals surface area contributed by atoms with E-state index in [1.165, 1.54) is 0 Å². The summed E-state index contributed by atoms with van der Waals surface area (Å²) in [6.07, 6.45) is 0.354. The van der Waals surface area contributed by atoms with Crippen molar-refractivity contribution in [3.63, 3.8) is 0 Å². The maximum Gasteiger partial charge on any atom is 0.410 e. The smallest absolute Gasteiger partial charge is 0.410 e. The van der Waals surface area contributed by atoms with Crippen molar-refractivity contribution in [1.29, 1.82) is 0 Å². The predicted octanol–water partition coefficient (Wildman–Crippen LogP) is 3.60. The lowest BCUT2D eigenvalue weighted by atomic mass is 9.99. The molecule has 122 valence electrons. The van der Waals surface area contributed by atoms with Crippen molar-refractivity contribution in [1.82, 2.24) is 4.90 Å². The van der Waals surface area contributed by atoms with Crippen LogP contribution in [-0.4, -0.2) is 30.2 Å². The molecule has 1 heterocycles. The van der Waals surface area contributed by atoms with Crippen LogP contribution in [0.5, 0.6) is 5.75 Å². The molecule has 1 aromatic rings. The molecule has 22 heavy (non-hydrogen) atoms.